The summed E-state index contributed by atoms with van der Waals surface area (Å²) >= 11 is 0. The van der Waals surface area contributed by atoms with Gasteiger partial charge in [0.15, 0.2) is 5.96 Å². The molecule has 2 unspecified atom stereocenters. The van der Waals surface area contributed by atoms with E-state index in [0.29, 0.717) is 19.1 Å². The van der Waals surface area contributed by atoms with E-state index in [1.807, 2.05) is 0 Å². The van der Waals surface area contributed by atoms with Gasteiger partial charge in [-0.1, -0.05) is 6.92 Å². The molecule has 2 fully saturated rings. The van der Waals surface area contributed by atoms with Crippen LogP contribution in [0.2, 0.25) is 0 Å². The SMILES string of the molecule is CCNC(=NCC1(CCO)CCOC1)NCC(C)CN1CCOCC1.I. The molecule has 0 saturated carbocycles. The summed E-state index contributed by atoms with van der Waals surface area (Å²) in [5.74, 6) is 1.41. The van der Waals surface area contributed by atoms with Gasteiger partial charge in [-0.25, -0.2) is 0 Å². The van der Waals surface area contributed by atoms with E-state index in [2.05, 4.69) is 29.4 Å². The van der Waals surface area contributed by atoms with Gasteiger partial charge < -0.3 is 25.2 Å². The van der Waals surface area contributed by atoms with Crippen LogP contribution in [-0.4, -0.2) is 88.3 Å². The van der Waals surface area contributed by atoms with Crippen molar-refractivity contribution in [2.45, 2.75) is 26.7 Å². The Bertz CT molecular complexity index is 400. The second-order valence-corrected chi connectivity index (χ2v) is 7.37. The van der Waals surface area contributed by atoms with Gasteiger partial charge in [0.2, 0.25) is 0 Å². The molecule has 2 atom stereocenters. The van der Waals surface area contributed by atoms with Gasteiger partial charge in [0.25, 0.3) is 0 Å². The van der Waals surface area contributed by atoms with Gasteiger partial charge in [-0.05, 0) is 25.7 Å². The third kappa shape index (κ3) is 8.24. The third-order valence-corrected chi connectivity index (χ3v) is 5.04. The highest BCUT2D eigenvalue weighted by molar-refractivity contribution is 14.0. The molecular weight excluding hydrogens is 447 g/mol. The summed E-state index contributed by atoms with van der Waals surface area (Å²) in [5.41, 5.74) is -0.00345. The average molecular weight is 484 g/mol. The van der Waals surface area contributed by atoms with E-state index in [4.69, 9.17) is 14.5 Å². The zero-order valence-corrected chi connectivity index (χ0v) is 18.7. The standard InChI is InChI=1S/C18H36N4O3.HI/c1-3-19-17(21-14-18(4-8-23)5-9-25-15-18)20-12-16(2)13-22-6-10-24-11-7-22;/h16,23H,3-15H2,1-2H3,(H2,19,20,21);1H. The summed E-state index contributed by atoms with van der Waals surface area (Å²) in [6, 6.07) is 0. The fraction of sp³-hybridized carbons (Fsp3) is 0.944. The number of aliphatic hydroxyl groups excluding tert-OH is 1. The molecular formula is C18H37IN4O3. The van der Waals surface area contributed by atoms with Crippen molar-refractivity contribution in [3.05, 3.63) is 0 Å². The van der Waals surface area contributed by atoms with Crippen molar-refractivity contribution in [3.8, 4) is 0 Å². The lowest BCUT2D eigenvalue weighted by Crippen LogP contribution is -2.44. The molecule has 0 aromatic heterocycles. The van der Waals surface area contributed by atoms with E-state index in [0.717, 1.165) is 71.3 Å². The molecule has 2 aliphatic rings. The number of nitrogens with zero attached hydrogens (tertiary/aromatic N) is 2. The topological polar surface area (TPSA) is 78.4 Å². The minimum atomic E-state index is -0.00345. The number of hydrogen-bond donors (Lipinski definition) is 3. The number of halogens is 1. The number of aliphatic hydroxyl groups is 1. The van der Waals surface area contributed by atoms with Crippen LogP contribution in [-0.2, 0) is 9.47 Å². The molecule has 0 spiro atoms. The molecule has 2 rings (SSSR count). The summed E-state index contributed by atoms with van der Waals surface area (Å²) in [7, 11) is 0. The maximum atomic E-state index is 9.34. The molecule has 2 aliphatic heterocycles. The lowest BCUT2D eigenvalue weighted by Gasteiger charge is -2.29. The quantitative estimate of drug-likeness (QED) is 0.257. The first-order chi connectivity index (χ1) is 12.2. The molecule has 0 aromatic carbocycles. The first-order valence-electron chi connectivity index (χ1n) is 9.68. The Hall–Kier alpha value is -0.160. The average Bonchev–Trinajstić information content (AvgIpc) is 3.07. The molecule has 2 saturated heterocycles. The molecule has 0 bridgehead atoms. The predicted octanol–water partition coefficient (Wildman–Crippen LogP) is 0.917. The van der Waals surface area contributed by atoms with Gasteiger partial charge in [-0.15, -0.1) is 24.0 Å². The van der Waals surface area contributed by atoms with Crippen LogP contribution in [0.5, 0.6) is 0 Å². The van der Waals surface area contributed by atoms with Crippen molar-refractivity contribution in [1.29, 1.82) is 0 Å². The van der Waals surface area contributed by atoms with Crippen LogP contribution in [0.25, 0.3) is 0 Å². The number of rotatable bonds is 9. The maximum Gasteiger partial charge on any atom is 0.191 e. The van der Waals surface area contributed by atoms with Crippen LogP contribution in [0.1, 0.15) is 26.7 Å². The molecule has 26 heavy (non-hydrogen) atoms. The maximum absolute atomic E-state index is 9.34. The molecule has 3 N–H and O–H groups in total. The van der Waals surface area contributed by atoms with E-state index in [1.54, 1.807) is 0 Å². The van der Waals surface area contributed by atoms with Gasteiger partial charge in [0.1, 0.15) is 0 Å². The van der Waals surface area contributed by atoms with E-state index in [-0.39, 0.29) is 36.0 Å². The van der Waals surface area contributed by atoms with Crippen LogP contribution >= 0.6 is 24.0 Å². The second kappa shape index (κ2) is 13.1. The molecule has 8 heteroatoms. The van der Waals surface area contributed by atoms with E-state index >= 15 is 0 Å². The Balaban J connectivity index is 0.00000338. The number of morpholine rings is 1. The molecule has 0 aliphatic carbocycles. The zero-order valence-electron chi connectivity index (χ0n) is 16.3. The largest absolute Gasteiger partial charge is 0.396 e. The highest BCUT2D eigenvalue weighted by Crippen LogP contribution is 2.32. The fourth-order valence-electron chi connectivity index (χ4n) is 3.44. The number of guanidine groups is 1. The van der Waals surface area contributed by atoms with Crippen LogP contribution in [0.15, 0.2) is 4.99 Å². The normalized spacial score (nSPS) is 25.6. The molecule has 154 valence electrons. The van der Waals surface area contributed by atoms with Crippen molar-refractivity contribution in [3.63, 3.8) is 0 Å². The van der Waals surface area contributed by atoms with Crippen molar-refractivity contribution in [2.24, 2.45) is 16.3 Å². The summed E-state index contributed by atoms with van der Waals surface area (Å²) in [6.45, 7) is 13.3. The minimum absolute atomic E-state index is 0. The summed E-state index contributed by atoms with van der Waals surface area (Å²) in [6.07, 6.45) is 1.73. The van der Waals surface area contributed by atoms with E-state index < -0.39 is 0 Å². The Labute approximate surface area is 175 Å². The highest BCUT2D eigenvalue weighted by Gasteiger charge is 2.34. The van der Waals surface area contributed by atoms with Crippen LogP contribution < -0.4 is 10.6 Å². The Morgan fingerprint density at radius 3 is 2.62 bits per heavy atom. The Kier molecular flexibility index (Phi) is 12.0. The minimum Gasteiger partial charge on any atom is -0.396 e. The molecule has 7 nitrogen and oxygen atoms in total. The lowest BCUT2D eigenvalue weighted by molar-refractivity contribution is 0.0320. The Morgan fingerprint density at radius 2 is 2.00 bits per heavy atom. The van der Waals surface area contributed by atoms with Gasteiger partial charge in [0, 0.05) is 51.4 Å². The van der Waals surface area contributed by atoms with Crippen LogP contribution in [0.3, 0.4) is 0 Å². The lowest BCUT2D eigenvalue weighted by atomic mass is 9.84. The predicted molar refractivity (Wildman–Crippen MR) is 115 cm³/mol. The number of ether oxygens (including phenoxy) is 2. The smallest absolute Gasteiger partial charge is 0.191 e. The van der Waals surface area contributed by atoms with Crippen molar-refractivity contribution < 1.29 is 14.6 Å². The third-order valence-electron chi connectivity index (χ3n) is 5.04. The summed E-state index contributed by atoms with van der Waals surface area (Å²) in [4.78, 5) is 7.24. The molecule has 0 amide bonds. The highest BCUT2D eigenvalue weighted by atomic mass is 127. The zero-order chi connectivity index (χ0) is 18.0. The van der Waals surface area contributed by atoms with Gasteiger partial charge in [0.05, 0.1) is 26.4 Å². The number of aliphatic imine (C=N–C) groups is 1. The van der Waals surface area contributed by atoms with Gasteiger partial charge >= 0.3 is 0 Å². The Morgan fingerprint density at radius 1 is 1.23 bits per heavy atom. The molecule has 2 heterocycles. The summed E-state index contributed by atoms with van der Waals surface area (Å²) < 4.78 is 11.0. The van der Waals surface area contributed by atoms with Gasteiger partial charge in [-0.3, -0.25) is 9.89 Å². The molecule has 0 radical (unpaired) electrons. The van der Waals surface area contributed by atoms with Crippen LogP contribution in [0.4, 0.5) is 0 Å². The van der Waals surface area contributed by atoms with Gasteiger partial charge in [-0.2, -0.15) is 0 Å². The summed E-state index contributed by atoms with van der Waals surface area (Å²) in [5, 5.41) is 16.1. The van der Waals surface area contributed by atoms with E-state index in [1.165, 1.54) is 0 Å². The first-order valence-corrected chi connectivity index (χ1v) is 9.68. The second-order valence-electron chi connectivity index (χ2n) is 7.37. The fourth-order valence-corrected chi connectivity index (χ4v) is 3.44. The van der Waals surface area contributed by atoms with E-state index in [9.17, 15) is 5.11 Å². The van der Waals surface area contributed by atoms with Crippen molar-refractivity contribution in [1.82, 2.24) is 15.5 Å². The first kappa shape index (κ1) is 23.9. The van der Waals surface area contributed by atoms with Crippen LogP contribution in [0, 0.1) is 11.3 Å². The van der Waals surface area contributed by atoms with Crippen molar-refractivity contribution in [2.75, 3.05) is 72.3 Å². The monoisotopic (exact) mass is 484 g/mol. The molecule has 0 aromatic rings. The number of hydrogen-bond acceptors (Lipinski definition) is 5. The van der Waals surface area contributed by atoms with Crippen molar-refractivity contribution >= 4 is 29.9 Å². The number of nitrogens with one attached hydrogen (secondary N) is 2.